The van der Waals surface area contributed by atoms with E-state index in [1.54, 1.807) is 5.51 Å². The summed E-state index contributed by atoms with van der Waals surface area (Å²) in [6, 6.07) is 0. The Kier molecular flexibility index (Phi) is 5.16. The van der Waals surface area contributed by atoms with Crippen LogP contribution in [0.5, 0.6) is 0 Å². The summed E-state index contributed by atoms with van der Waals surface area (Å²) < 4.78 is 26.2. The Morgan fingerprint density at radius 3 is 2.55 bits per heavy atom. The van der Waals surface area contributed by atoms with Crippen LogP contribution in [0.3, 0.4) is 0 Å². The fraction of sp³-hybridized carbons (Fsp3) is 0.333. The van der Waals surface area contributed by atoms with Crippen LogP contribution < -0.4 is 4.72 Å². The minimum atomic E-state index is -3.47. The molecule has 0 radical (unpaired) electrons. The van der Waals surface area contributed by atoms with Gasteiger partial charge in [-0.15, -0.1) is 11.3 Å². The largest absolute Gasteiger partial charge is 0.478 e. The normalized spacial score (nSPS) is 11.5. The number of aryl methyl sites for hydroxylation is 2. The molecule has 0 bridgehead atoms. The molecule has 2 rings (SSSR count). The van der Waals surface area contributed by atoms with Crippen molar-refractivity contribution in [1.82, 2.24) is 19.7 Å². The quantitative estimate of drug-likeness (QED) is 0.755. The maximum absolute atomic E-state index is 11.9. The van der Waals surface area contributed by atoms with E-state index in [1.165, 1.54) is 11.3 Å². The number of nitrogens with one attached hydrogen (secondary N) is 1. The molecule has 118 valence electrons. The van der Waals surface area contributed by atoms with Crippen LogP contribution >= 0.6 is 11.3 Å². The summed E-state index contributed by atoms with van der Waals surface area (Å²) in [4.78, 5) is 23.3. The van der Waals surface area contributed by atoms with Gasteiger partial charge in [0.25, 0.3) is 0 Å². The highest BCUT2D eigenvalue weighted by molar-refractivity contribution is 7.89. The van der Waals surface area contributed by atoms with E-state index in [4.69, 9.17) is 5.11 Å². The first-order chi connectivity index (χ1) is 10.4. The monoisotopic (exact) mass is 342 g/mol. The number of rotatable bonds is 7. The number of hydrogen-bond acceptors (Lipinski definition) is 7. The molecular weight excluding hydrogens is 328 g/mol. The first-order valence-electron chi connectivity index (χ1n) is 6.28. The van der Waals surface area contributed by atoms with Crippen molar-refractivity contribution in [1.29, 1.82) is 0 Å². The summed E-state index contributed by atoms with van der Waals surface area (Å²) in [5.74, 6) is -0.974. The maximum atomic E-state index is 11.9. The lowest BCUT2D eigenvalue weighted by Crippen LogP contribution is -2.27. The van der Waals surface area contributed by atoms with Crippen molar-refractivity contribution in [3.63, 3.8) is 0 Å². The number of thiazole rings is 1. The molecule has 0 fully saturated rings. The molecule has 22 heavy (non-hydrogen) atoms. The molecule has 8 nitrogen and oxygen atoms in total. The molecule has 2 aromatic heterocycles. The summed E-state index contributed by atoms with van der Waals surface area (Å²) in [7, 11) is -3.47. The highest BCUT2D eigenvalue weighted by Gasteiger charge is 2.13. The van der Waals surface area contributed by atoms with E-state index in [-0.39, 0.29) is 23.7 Å². The molecule has 2 N–H and O–H groups in total. The standard InChI is InChI=1S/C12H14N4O4S2/c1-8-10(21-7-15-8)2-3-22(19,20)16-6-11-13-4-9(5-14-11)12(17)18/h4-5,7,16H,2-3,6H2,1H3,(H,17,18). The van der Waals surface area contributed by atoms with Crippen LogP contribution in [0.1, 0.15) is 26.8 Å². The minimum absolute atomic E-state index is 0.0488. The predicted molar refractivity (Wildman–Crippen MR) is 80.2 cm³/mol. The van der Waals surface area contributed by atoms with Crippen LogP contribution in [0, 0.1) is 6.92 Å². The smallest absolute Gasteiger partial charge is 0.338 e. The van der Waals surface area contributed by atoms with E-state index in [1.807, 2.05) is 6.92 Å². The Hall–Kier alpha value is -1.91. The Balaban J connectivity index is 1.89. The lowest BCUT2D eigenvalue weighted by atomic mass is 10.3. The average Bonchev–Trinajstić information content (AvgIpc) is 2.89. The van der Waals surface area contributed by atoms with Crippen molar-refractivity contribution in [2.45, 2.75) is 19.9 Å². The summed E-state index contributed by atoms with van der Waals surface area (Å²) in [5.41, 5.74) is 2.47. The highest BCUT2D eigenvalue weighted by Crippen LogP contribution is 2.13. The predicted octanol–water partition coefficient (Wildman–Crippen LogP) is 0.602. The number of carboxylic acids is 1. The third-order valence-corrected chi connectivity index (χ3v) is 5.17. The second-order valence-electron chi connectivity index (χ2n) is 4.44. The fourth-order valence-corrected chi connectivity index (χ4v) is 3.47. The molecule has 0 spiro atoms. The zero-order chi connectivity index (χ0) is 16.2. The second kappa shape index (κ2) is 6.90. The fourth-order valence-electron chi connectivity index (χ4n) is 1.60. The van der Waals surface area contributed by atoms with Gasteiger partial charge in [-0.05, 0) is 13.3 Å². The second-order valence-corrected chi connectivity index (χ2v) is 7.31. The number of carbonyl (C=O) groups is 1. The van der Waals surface area contributed by atoms with Gasteiger partial charge in [0.2, 0.25) is 10.0 Å². The maximum Gasteiger partial charge on any atom is 0.338 e. The Labute approximate surface area is 131 Å². The summed E-state index contributed by atoms with van der Waals surface area (Å²) in [5, 5.41) is 8.72. The molecule has 0 unspecified atom stereocenters. The van der Waals surface area contributed by atoms with Crippen molar-refractivity contribution in [3.05, 3.63) is 39.9 Å². The van der Waals surface area contributed by atoms with Gasteiger partial charge < -0.3 is 5.11 Å². The van der Waals surface area contributed by atoms with Gasteiger partial charge in [-0.3, -0.25) is 0 Å². The molecular formula is C12H14N4O4S2. The minimum Gasteiger partial charge on any atom is -0.478 e. The van der Waals surface area contributed by atoms with Crippen molar-refractivity contribution in [2.24, 2.45) is 0 Å². The third-order valence-electron chi connectivity index (χ3n) is 2.85. The summed E-state index contributed by atoms with van der Waals surface area (Å²) in [6.07, 6.45) is 2.67. The number of aromatic carboxylic acids is 1. The molecule has 0 atom stereocenters. The van der Waals surface area contributed by atoms with Crippen molar-refractivity contribution in [3.8, 4) is 0 Å². The van der Waals surface area contributed by atoms with Gasteiger partial charge in [0.1, 0.15) is 5.82 Å². The topological polar surface area (TPSA) is 122 Å². The molecule has 0 saturated heterocycles. The summed E-state index contributed by atoms with van der Waals surface area (Å²) >= 11 is 1.43. The van der Waals surface area contributed by atoms with E-state index in [0.717, 1.165) is 23.0 Å². The molecule has 2 heterocycles. The zero-order valence-electron chi connectivity index (χ0n) is 11.7. The molecule has 0 aliphatic heterocycles. The summed E-state index contributed by atoms with van der Waals surface area (Å²) in [6.45, 7) is 1.76. The number of hydrogen-bond donors (Lipinski definition) is 2. The van der Waals surface area contributed by atoms with E-state index in [9.17, 15) is 13.2 Å². The number of aromatic nitrogens is 3. The van der Waals surface area contributed by atoms with E-state index in [0.29, 0.717) is 6.42 Å². The van der Waals surface area contributed by atoms with Gasteiger partial charge in [-0.1, -0.05) is 0 Å². The van der Waals surface area contributed by atoms with Gasteiger partial charge in [-0.2, -0.15) is 0 Å². The molecule has 0 saturated carbocycles. The average molecular weight is 342 g/mol. The molecule has 0 aliphatic carbocycles. The Morgan fingerprint density at radius 2 is 2.00 bits per heavy atom. The lowest BCUT2D eigenvalue weighted by molar-refractivity contribution is 0.0696. The molecule has 2 aromatic rings. The Bertz CT molecular complexity index is 756. The molecule has 10 heteroatoms. The first kappa shape index (κ1) is 16.5. The van der Waals surface area contributed by atoms with Crippen LogP contribution in [0.4, 0.5) is 0 Å². The molecule has 0 aliphatic rings. The molecule has 0 aromatic carbocycles. The highest BCUT2D eigenvalue weighted by atomic mass is 32.2. The SMILES string of the molecule is Cc1ncsc1CCS(=O)(=O)NCc1ncc(C(=O)O)cn1. The van der Waals surface area contributed by atoms with Crippen LogP contribution in [0.15, 0.2) is 17.9 Å². The van der Waals surface area contributed by atoms with E-state index in [2.05, 4.69) is 19.7 Å². The van der Waals surface area contributed by atoms with Crippen LogP contribution in [-0.2, 0) is 23.0 Å². The van der Waals surface area contributed by atoms with Gasteiger partial charge in [0.05, 0.1) is 29.1 Å². The van der Waals surface area contributed by atoms with E-state index < -0.39 is 16.0 Å². The van der Waals surface area contributed by atoms with Crippen LogP contribution in [0.2, 0.25) is 0 Å². The van der Waals surface area contributed by atoms with Gasteiger partial charge >= 0.3 is 5.97 Å². The van der Waals surface area contributed by atoms with Gasteiger partial charge in [-0.25, -0.2) is 32.9 Å². The van der Waals surface area contributed by atoms with Crippen LogP contribution in [-0.4, -0.2) is 40.2 Å². The third kappa shape index (κ3) is 4.55. The van der Waals surface area contributed by atoms with Crippen molar-refractivity contribution in [2.75, 3.05) is 5.75 Å². The van der Waals surface area contributed by atoms with Crippen molar-refractivity contribution >= 4 is 27.3 Å². The van der Waals surface area contributed by atoms with Gasteiger partial charge in [0, 0.05) is 17.3 Å². The van der Waals surface area contributed by atoms with E-state index >= 15 is 0 Å². The van der Waals surface area contributed by atoms with Crippen LogP contribution in [0.25, 0.3) is 0 Å². The Morgan fingerprint density at radius 1 is 1.32 bits per heavy atom. The van der Waals surface area contributed by atoms with Gasteiger partial charge in [0.15, 0.2) is 0 Å². The lowest BCUT2D eigenvalue weighted by Gasteiger charge is -2.05. The number of sulfonamides is 1. The number of carboxylic acid groups (broad SMARTS) is 1. The molecule has 0 amide bonds. The first-order valence-corrected chi connectivity index (χ1v) is 8.81. The number of nitrogens with zero attached hydrogens (tertiary/aromatic N) is 3. The van der Waals surface area contributed by atoms with Crippen molar-refractivity contribution < 1.29 is 18.3 Å². The zero-order valence-corrected chi connectivity index (χ0v) is 13.3.